The van der Waals surface area contributed by atoms with E-state index in [0.717, 1.165) is 28.2 Å². The number of carbonyl (C=O) groups excluding carboxylic acids is 1. The number of ether oxygens (including phenoxy) is 3. The normalized spacial score (nSPS) is 12.1. The zero-order chi connectivity index (χ0) is 26.0. The first kappa shape index (κ1) is 27.0. The summed E-state index contributed by atoms with van der Waals surface area (Å²) in [6, 6.07) is 6.49. The van der Waals surface area contributed by atoms with Gasteiger partial charge >= 0.3 is 6.09 Å². The second kappa shape index (κ2) is 10.6. The van der Waals surface area contributed by atoms with E-state index in [1.165, 1.54) is 4.90 Å². The first-order valence-corrected chi connectivity index (χ1v) is 15.6. The maximum absolute atomic E-state index is 12.5. The Morgan fingerprint density at radius 3 is 2.54 bits per heavy atom. The van der Waals surface area contributed by atoms with Crippen molar-refractivity contribution in [1.29, 1.82) is 0 Å². The predicted octanol–water partition coefficient (Wildman–Crippen LogP) is 6.44. The Hall–Kier alpha value is -2.62. The van der Waals surface area contributed by atoms with E-state index in [4.69, 9.17) is 25.8 Å². The molecule has 0 aliphatic rings. The van der Waals surface area contributed by atoms with Crippen molar-refractivity contribution in [3.63, 3.8) is 0 Å². The second-order valence-corrected chi connectivity index (χ2v) is 16.7. The van der Waals surface area contributed by atoms with Crippen molar-refractivity contribution in [1.82, 2.24) is 14.5 Å². The lowest BCUT2D eigenvalue weighted by Crippen LogP contribution is -2.34. The first-order chi connectivity index (χ1) is 16.3. The van der Waals surface area contributed by atoms with Crippen LogP contribution in [0.5, 0.6) is 5.75 Å². The number of aromatic nitrogens is 3. The second-order valence-electron chi connectivity index (χ2n) is 10.6. The van der Waals surface area contributed by atoms with Crippen LogP contribution in [0.15, 0.2) is 30.6 Å². The summed E-state index contributed by atoms with van der Waals surface area (Å²) < 4.78 is 19.1. The summed E-state index contributed by atoms with van der Waals surface area (Å²) in [5, 5.41) is 1.31. The van der Waals surface area contributed by atoms with Crippen LogP contribution in [0.25, 0.3) is 22.2 Å². The van der Waals surface area contributed by atoms with Crippen molar-refractivity contribution in [3.8, 4) is 16.9 Å². The molecule has 0 spiro atoms. The Labute approximate surface area is 213 Å². The Kier molecular flexibility index (Phi) is 8.13. The van der Waals surface area contributed by atoms with E-state index >= 15 is 0 Å². The molecule has 8 nitrogen and oxygen atoms in total. The molecule has 3 aromatic heterocycles. The molecule has 1 amide bonds. The third-order valence-electron chi connectivity index (χ3n) is 5.29. The zero-order valence-corrected chi connectivity index (χ0v) is 23.6. The van der Waals surface area contributed by atoms with E-state index in [0.29, 0.717) is 30.1 Å². The molecule has 35 heavy (non-hydrogen) atoms. The molecule has 0 unspecified atom stereocenters. The number of carbonyl (C=O) groups is 1. The fraction of sp³-hybridized carbons (Fsp3) is 0.480. The van der Waals surface area contributed by atoms with Gasteiger partial charge in [-0.1, -0.05) is 31.2 Å². The van der Waals surface area contributed by atoms with Gasteiger partial charge in [-0.2, -0.15) is 0 Å². The summed E-state index contributed by atoms with van der Waals surface area (Å²) in [6.07, 6.45) is 3.17. The van der Waals surface area contributed by atoms with Gasteiger partial charge in [-0.05, 0) is 38.9 Å². The van der Waals surface area contributed by atoms with Gasteiger partial charge in [0.1, 0.15) is 34.7 Å². The van der Waals surface area contributed by atoms with E-state index in [2.05, 4.69) is 29.6 Å². The number of rotatable bonds is 8. The average Bonchev–Trinajstić information content (AvgIpc) is 3.11. The maximum atomic E-state index is 12.5. The number of methoxy groups -OCH3 is 1. The summed E-state index contributed by atoms with van der Waals surface area (Å²) in [5.41, 5.74) is 1.76. The third kappa shape index (κ3) is 6.96. The SMILES string of the molecule is COc1cc(N(C)C(=O)OC(C)(C)C)ncc1-c1cn(COCC[Si](C)(C)C)c2nc(Cl)ccc12. The van der Waals surface area contributed by atoms with Gasteiger partial charge in [0.25, 0.3) is 0 Å². The lowest BCUT2D eigenvalue weighted by molar-refractivity contribution is 0.0588. The van der Waals surface area contributed by atoms with E-state index in [1.807, 2.05) is 37.6 Å². The molecule has 0 radical (unpaired) electrons. The Balaban J connectivity index is 1.95. The highest BCUT2D eigenvalue weighted by Gasteiger charge is 2.23. The molecule has 3 heterocycles. The number of hydrogen-bond acceptors (Lipinski definition) is 6. The summed E-state index contributed by atoms with van der Waals surface area (Å²) in [5.74, 6) is 0.985. The molecule has 3 aromatic rings. The largest absolute Gasteiger partial charge is 0.496 e. The van der Waals surface area contributed by atoms with Gasteiger partial charge in [0.15, 0.2) is 0 Å². The van der Waals surface area contributed by atoms with Crippen LogP contribution in [0.4, 0.5) is 10.6 Å². The average molecular weight is 519 g/mol. The van der Waals surface area contributed by atoms with Crippen molar-refractivity contribution in [2.24, 2.45) is 0 Å². The van der Waals surface area contributed by atoms with Crippen molar-refractivity contribution in [2.45, 2.75) is 58.8 Å². The Morgan fingerprint density at radius 2 is 1.91 bits per heavy atom. The van der Waals surface area contributed by atoms with Crippen LogP contribution in [0.3, 0.4) is 0 Å². The Bertz CT molecular complexity index is 1200. The highest BCUT2D eigenvalue weighted by atomic mass is 35.5. The quantitative estimate of drug-likeness (QED) is 0.194. The van der Waals surface area contributed by atoms with Gasteiger partial charge in [0.05, 0.1) is 7.11 Å². The highest BCUT2D eigenvalue weighted by molar-refractivity contribution is 6.76. The molecule has 0 aliphatic carbocycles. The minimum absolute atomic E-state index is 0.365. The summed E-state index contributed by atoms with van der Waals surface area (Å²) in [4.78, 5) is 22.9. The number of pyridine rings is 2. The zero-order valence-electron chi connectivity index (χ0n) is 21.8. The number of amides is 1. The third-order valence-corrected chi connectivity index (χ3v) is 7.20. The van der Waals surface area contributed by atoms with Crippen LogP contribution < -0.4 is 9.64 Å². The van der Waals surface area contributed by atoms with Crippen LogP contribution >= 0.6 is 11.6 Å². The van der Waals surface area contributed by atoms with Gasteiger partial charge in [-0.25, -0.2) is 14.8 Å². The molecule has 0 atom stereocenters. The number of fused-ring (bicyclic) bond motifs is 1. The van der Waals surface area contributed by atoms with E-state index in [1.54, 1.807) is 32.5 Å². The van der Waals surface area contributed by atoms with Crippen LogP contribution in [-0.4, -0.2) is 55.1 Å². The van der Waals surface area contributed by atoms with E-state index in [9.17, 15) is 4.79 Å². The molecule has 0 fully saturated rings. The molecule has 190 valence electrons. The fourth-order valence-electron chi connectivity index (χ4n) is 3.40. The monoisotopic (exact) mass is 518 g/mol. The summed E-state index contributed by atoms with van der Waals surface area (Å²) in [7, 11) is 2.02. The fourth-order valence-corrected chi connectivity index (χ4v) is 4.30. The number of halogens is 1. The predicted molar refractivity (Wildman–Crippen MR) is 143 cm³/mol. The molecule has 0 bridgehead atoms. The number of hydrogen-bond donors (Lipinski definition) is 0. The van der Waals surface area contributed by atoms with Crippen LogP contribution in [0.1, 0.15) is 20.8 Å². The molecule has 0 saturated carbocycles. The minimum atomic E-state index is -1.19. The molecule has 0 aromatic carbocycles. The first-order valence-electron chi connectivity index (χ1n) is 11.5. The topological polar surface area (TPSA) is 78.7 Å². The maximum Gasteiger partial charge on any atom is 0.415 e. The van der Waals surface area contributed by atoms with E-state index in [-0.39, 0.29) is 0 Å². The highest BCUT2D eigenvalue weighted by Crippen LogP contribution is 2.37. The van der Waals surface area contributed by atoms with E-state index < -0.39 is 19.8 Å². The van der Waals surface area contributed by atoms with Gasteiger partial charge in [0, 0.05) is 56.7 Å². The molecule has 3 rings (SSSR count). The van der Waals surface area contributed by atoms with Gasteiger partial charge in [-0.3, -0.25) is 4.90 Å². The van der Waals surface area contributed by atoms with Crippen molar-refractivity contribution >= 4 is 42.6 Å². The number of anilines is 1. The van der Waals surface area contributed by atoms with Gasteiger partial charge in [0.2, 0.25) is 0 Å². The lowest BCUT2D eigenvalue weighted by atomic mass is 10.1. The van der Waals surface area contributed by atoms with Gasteiger partial charge in [-0.15, -0.1) is 0 Å². The smallest absolute Gasteiger partial charge is 0.415 e. The Morgan fingerprint density at radius 1 is 1.20 bits per heavy atom. The lowest BCUT2D eigenvalue weighted by Gasteiger charge is -2.24. The molecule has 0 saturated heterocycles. The molecule has 10 heteroatoms. The summed E-state index contributed by atoms with van der Waals surface area (Å²) in [6.45, 7) is 13.5. The van der Waals surface area contributed by atoms with Crippen LogP contribution in [0.2, 0.25) is 30.8 Å². The van der Waals surface area contributed by atoms with Crippen molar-refractivity contribution in [3.05, 3.63) is 35.7 Å². The minimum Gasteiger partial charge on any atom is -0.496 e. The molecular formula is C25H35ClN4O4Si. The summed E-state index contributed by atoms with van der Waals surface area (Å²) >= 11 is 6.21. The van der Waals surface area contributed by atoms with Gasteiger partial charge < -0.3 is 18.8 Å². The van der Waals surface area contributed by atoms with Crippen molar-refractivity contribution < 1.29 is 19.0 Å². The van der Waals surface area contributed by atoms with Crippen molar-refractivity contribution in [2.75, 3.05) is 25.7 Å². The van der Waals surface area contributed by atoms with Crippen LogP contribution in [0, 0.1) is 0 Å². The number of nitrogens with zero attached hydrogens (tertiary/aromatic N) is 4. The standard InChI is InChI=1S/C25H35ClN4O4Si/c1-25(2,3)34-24(31)29(4)22-13-20(32-5)18(14-27-22)19-15-30(16-33-11-12-35(6,7)8)23-17(19)9-10-21(26)28-23/h9-10,13-15H,11-12,16H2,1-8H3. The molecule has 0 aliphatic heterocycles. The molecule has 0 N–H and O–H groups in total. The van der Waals surface area contributed by atoms with Crippen LogP contribution in [-0.2, 0) is 16.2 Å². The molecular weight excluding hydrogens is 484 g/mol.